The normalized spacial score (nSPS) is 10.7. The highest BCUT2D eigenvalue weighted by Crippen LogP contribution is 2.19. The van der Waals surface area contributed by atoms with Gasteiger partial charge in [0.05, 0.1) is 11.1 Å². The second kappa shape index (κ2) is 5.79. The molecule has 0 saturated heterocycles. The highest BCUT2D eigenvalue weighted by Gasteiger charge is 2.17. The number of nitrogens with zero attached hydrogens (tertiary/aromatic N) is 2. The molecule has 0 saturated carbocycles. The van der Waals surface area contributed by atoms with Gasteiger partial charge >= 0.3 is 0 Å². The number of hydrogen-bond donors (Lipinski definition) is 1. The minimum atomic E-state index is 0.0439. The van der Waals surface area contributed by atoms with Crippen molar-refractivity contribution in [2.45, 2.75) is 13.5 Å². The predicted octanol–water partition coefficient (Wildman–Crippen LogP) is 3.23. The second-order valence-corrected chi connectivity index (χ2v) is 4.92. The van der Waals surface area contributed by atoms with E-state index in [4.69, 9.17) is 0 Å². The summed E-state index contributed by atoms with van der Waals surface area (Å²) in [5, 5.41) is 1.06. The Bertz CT molecular complexity index is 749. The molecule has 106 valence electrons. The average molecular weight is 279 g/mol. The molecule has 3 rings (SSSR count). The largest absolute Gasteiger partial charge is 0.361 e. The number of pyridine rings is 1. The molecule has 2 aromatic heterocycles. The maximum atomic E-state index is 12.8. The standard InChI is InChI=1S/C17H17N3O/c1-2-20(12-13-6-9-18-10-7-13)17(21)15-5-3-4-14-8-11-19-16(14)15/h3-11,19H,2,12H2,1H3. The molecule has 1 amide bonds. The van der Waals surface area contributed by atoms with Gasteiger partial charge in [-0.25, -0.2) is 0 Å². The van der Waals surface area contributed by atoms with E-state index in [1.54, 1.807) is 12.4 Å². The number of fused-ring (bicyclic) bond motifs is 1. The van der Waals surface area contributed by atoms with E-state index >= 15 is 0 Å². The van der Waals surface area contributed by atoms with E-state index in [0.29, 0.717) is 18.7 Å². The Labute approximate surface area is 123 Å². The Morgan fingerprint density at radius 1 is 1.19 bits per heavy atom. The van der Waals surface area contributed by atoms with Crippen LogP contribution < -0.4 is 0 Å². The third-order valence-corrected chi connectivity index (χ3v) is 3.61. The Morgan fingerprint density at radius 3 is 2.76 bits per heavy atom. The SMILES string of the molecule is CCN(Cc1ccncc1)C(=O)c1cccc2cc[nH]c12. The van der Waals surface area contributed by atoms with Gasteiger partial charge in [-0.2, -0.15) is 0 Å². The summed E-state index contributed by atoms with van der Waals surface area (Å²) in [7, 11) is 0. The van der Waals surface area contributed by atoms with Crippen LogP contribution in [0, 0.1) is 0 Å². The number of carbonyl (C=O) groups excluding carboxylic acids is 1. The third-order valence-electron chi connectivity index (χ3n) is 3.61. The maximum Gasteiger partial charge on any atom is 0.256 e. The highest BCUT2D eigenvalue weighted by atomic mass is 16.2. The van der Waals surface area contributed by atoms with Crippen LogP contribution in [-0.4, -0.2) is 27.3 Å². The van der Waals surface area contributed by atoms with Gasteiger partial charge in [0.15, 0.2) is 0 Å². The van der Waals surface area contributed by atoms with E-state index in [-0.39, 0.29) is 5.91 Å². The lowest BCUT2D eigenvalue weighted by molar-refractivity contribution is 0.0754. The molecule has 0 bridgehead atoms. The first-order valence-corrected chi connectivity index (χ1v) is 7.04. The molecule has 0 spiro atoms. The second-order valence-electron chi connectivity index (χ2n) is 4.92. The van der Waals surface area contributed by atoms with E-state index in [2.05, 4.69) is 9.97 Å². The summed E-state index contributed by atoms with van der Waals surface area (Å²) >= 11 is 0. The van der Waals surface area contributed by atoms with Gasteiger partial charge in [-0.1, -0.05) is 12.1 Å². The molecule has 4 heteroatoms. The van der Waals surface area contributed by atoms with Crippen molar-refractivity contribution in [3.8, 4) is 0 Å². The fourth-order valence-corrected chi connectivity index (χ4v) is 2.47. The first-order chi connectivity index (χ1) is 10.3. The van der Waals surface area contributed by atoms with Gasteiger partial charge in [0.25, 0.3) is 5.91 Å². The molecule has 0 unspecified atom stereocenters. The fraction of sp³-hybridized carbons (Fsp3) is 0.176. The monoisotopic (exact) mass is 279 g/mol. The number of hydrogen-bond acceptors (Lipinski definition) is 2. The summed E-state index contributed by atoms with van der Waals surface area (Å²) in [6.07, 6.45) is 5.36. The number of benzene rings is 1. The lowest BCUT2D eigenvalue weighted by atomic mass is 10.1. The van der Waals surface area contributed by atoms with Crippen LogP contribution in [0.4, 0.5) is 0 Å². The van der Waals surface area contributed by atoms with Crippen molar-refractivity contribution in [1.29, 1.82) is 0 Å². The summed E-state index contributed by atoms with van der Waals surface area (Å²) in [4.78, 5) is 21.8. The lowest BCUT2D eigenvalue weighted by Gasteiger charge is -2.21. The molecule has 1 N–H and O–H groups in total. The molecular formula is C17H17N3O. The first kappa shape index (κ1) is 13.4. The molecule has 1 aromatic carbocycles. The quantitative estimate of drug-likeness (QED) is 0.797. The Morgan fingerprint density at radius 2 is 2.00 bits per heavy atom. The Balaban J connectivity index is 1.90. The minimum Gasteiger partial charge on any atom is -0.361 e. The number of aromatic amines is 1. The van der Waals surface area contributed by atoms with Crippen molar-refractivity contribution in [2.75, 3.05) is 6.54 Å². The maximum absolute atomic E-state index is 12.8. The number of amides is 1. The van der Waals surface area contributed by atoms with Gasteiger partial charge in [0, 0.05) is 37.1 Å². The van der Waals surface area contributed by atoms with Gasteiger partial charge in [-0.3, -0.25) is 9.78 Å². The molecule has 0 radical (unpaired) electrons. The van der Waals surface area contributed by atoms with Crippen LogP contribution in [-0.2, 0) is 6.54 Å². The average Bonchev–Trinajstić information content (AvgIpc) is 3.01. The smallest absolute Gasteiger partial charge is 0.256 e. The van der Waals surface area contributed by atoms with Crippen LogP contribution in [0.15, 0.2) is 55.0 Å². The molecule has 3 aromatic rings. The van der Waals surface area contributed by atoms with Gasteiger partial charge < -0.3 is 9.88 Å². The molecule has 4 nitrogen and oxygen atoms in total. The third kappa shape index (κ3) is 2.65. The van der Waals surface area contributed by atoms with Gasteiger partial charge in [-0.05, 0) is 36.8 Å². The summed E-state index contributed by atoms with van der Waals surface area (Å²) in [6.45, 7) is 3.25. The number of aromatic nitrogens is 2. The van der Waals surface area contributed by atoms with Gasteiger partial charge in [0.2, 0.25) is 0 Å². The van der Waals surface area contributed by atoms with E-state index in [9.17, 15) is 4.79 Å². The van der Waals surface area contributed by atoms with Crippen LogP contribution >= 0.6 is 0 Å². The molecular weight excluding hydrogens is 262 g/mol. The van der Waals surface area contributed by atoms with E-state index in [1.807, 2.05) is 54.4 Å². The summed E-state index contributed by atoms with van der Waals surface area (Å²) in [5.41, 5.74) is 2.70. The molecule has 0 atom stereocenters. The number of carbonyl (C=O) groups is 1. The predicted molar refractivity (Wildman–Crippen MR) is 83.0 cm³/mol. The molecule has 2 heterocycles. The molecule has 21 heavy (non-hydrogen) atoms. The number of rotatable bonds is 4. The Kier molecular flexibility index (Phi) is 3.69. The molecule has 0 aliphatic rings. The number of H-pyrrole nitrogens is 1. The lowest BCUT2D eigenvalue weighted by Crippen LogP contribution is -2.30. The van der Waals surface area contributed by atoms with Crippen molar-refractivity contribution in [2.24, 2.45) is 0 Å². The summed E-state index contributed by atoms with van der Waals surface area (Å²) in [6, 6.07) is 11.6. The minimum absolute atomic E-state index is 0.0439. The number of nitrogens with one attached hydrogen (secondary N) is 1. The zero-order valence-corrected chi connectivity index (χ0v) is 11.9. The van der Waals surface area contributed by atoms with Crippen LogP contribution in [0.5, 0.6) is 0 Å². The number of para-hydroxylation sites is 1. The van der Waals surface area contributed by atoms with Crippen molar-refractivity contribution in [1.82, 2.24) is 14.9 Å². The van der Waals surface area contributed by atoms with Crippen molar-refractivity contribution in [3.05, 3.63) is 66.1 Å². The van der Waals surface area contributed by atoms with Crippen LogP contribution in [0.2, 0.25) is 0 Å². The van der Waals surface area contributed by atoms with E-state index in [1.165, 1.54) is 0 Å². The topological polar surface area (TPSA) is 49.0 Å². The highest BCUT2D eigenvalue weighted by molar-refractivity contribution is 6.05. The summed E-state index contributed by atoms with van der Waals surface area (Å²) in [5.74, 6) is 0.0439. The van der Waals surface area contributed by atoms with Gasteiger partial charge in [0.1, 0.15) is 0 Å². The molecule has 0 fully saturated rings. The van der Waals surface area contributed by atoms with Crippen molar-refractivity contribution < 1.29 is 4.79 Å². The van der Waals surface area contributed by atoms with Gasteiger partial charge in [-0.15, -0.1) is 0 Å². The Hall–Kier alpha value is -2.62. The van der Waals surface area contributed by atoms with Crippen LogP contribution in [0.25, 0.3) is 10.9 Å². The van der Waals surface area contributed by atoms with E-state index < -0.39 is 0 Å². The zero-order valence-electron chi connectivity index (χ0n) is 11.9. The molecule has 0 aliphatic carbocycles. The van der Waals surface area contributed by atoms with Crippen molar-refractivity contribution in [3.63, 3.8) is 0 Å². The zero-order chi connectivity index (χ0) is 14.7. The van der Waals surface area contributed by atoms with Crippen LogP contribution in [0.3, 0.4) is 0 Å². The first-order valence-electron chi connectivity index (χ1n) is 7.04. The van der Waals surface area contributed by atoms with Crippen LogP contribution in [0.1, 0.15) is 22.8 Å². The fourth-order valence-electron chi connectivity index (χ4n) is 2.47. The summed E-state index contributed by atoms with van der Waals surface area (Å²) < 4.78 is 0. The van der Waals surface area contributed by atoms with E-state index in [0.717, 1.165) is 16.5 Å². The molecule has 0 aliphatic heterocycles. The van der Waals surface area contributed by atoms with Crippen molar-refractivity contribution >= 4 is 16.8 Å².